The predicted octanol–water partition coefficient (Wildman–Crippen LogP) is -1.19. The van der Waals surface area contributed by atoms with E-state index in [1.165, 1.54) is 0 Å². The number of carbonyl (C=O) groups is 1. The Balaban J connectivity index is 0. The van der Waals surface area contributed by atoms with Gasteiger partial charge in [0.15, 0.2) is 0 Å². The second-order valence-corrected chi connectivity index (χ2v) is 2.42. The molecule has 4 heteroatoms. The molecule has 1 aliphatic carbocycles. The van der Waals surface area contributed by atoms with Crippen LogP contribution in [0.4, 0.5) is 0 Å². The van der Waals surface area contributed by atoms with E-state index in [2.05, 4.69) is 6.58 Å². The first-order chi connectivity index (χ1) is 5.74. The number of hydrogen-bond acceptors (Lipinski definition) is 2. The molecule has 0 aromatic rings. The molecule has 14 heavy (non-hydrogen) atoms. The number of esters is 1. The van der Waals surface area contributed by atoms with Crippen LogP contribution in [-0.4, -0.2) is 12.6 Å². The smallest absolute Gasteiger partial charge is 0.334 e. The molecule has 0 fully saturated rings. The topological polar surface area (TPSA) is 26.3 Å². The fourth-order valence-electron chi connectivity index (χ4n) is 0.913. The third kappa shape index (κ3) is 4.73. The predicted molar refractivity (Wildman–Crippen MR) is 47.3 cm³/mol. The van der Waals surface area contributed by atoms with Crippen molar-refractivity contribution in [2.45, 2.75) is 6.92 Å². The minimum absolute atomic E-state index is 0. The van der Waals surface area contributed by atoms with Gasteiger partial charge in [0.05, 0.1) is 6.61 Å². The zero-order valence-corrected chi connectivity index (χ0v) is 11.8. The molecule has 0 saturated heterocycles. The van der Waals surface area contributed by atoms with Crippen LogP contribution in [0.2, 0.25) is 0 Å². The van der Waals surface area contributed by atoms with E-state index in [1.54, 1.807) is 25.5 Å². The van der Waals surface area contributed by atoms with Gasteiger partial charge in [-0.2, -0.15) is 0 Å². The van der Waals surface area contributed by atoms with Crippen molar-refractivity contribution in [3.8, 4) is 0 Å². The SMILES string of the molecule is C=C1[CH]C(C(=O)OCC)=CC=C1.[Cl-].[Zn]. The van der Waals surface area contributed by atoms with Gasteiger partial charge in [-0.05, 0) is 12.5 Å². The molecule has 0 heterocycles. The Morgan fingerprint density at radius 2 is 2.21 bits per heavy atom. The average Bonchev–Trinajstić information content (AvgIpc) is 2.05. The van der Waals surface area contributed by atoms with Crippen LogP contribution >= 0.6 is 0 Å². The standard InChI is InChI=1S/C10H11O2.ClH.Zn/c1-3-12-10(11)9-6-4-5-8(2)7-9;;/h4-7H,2-3H2,1H3;1H;/p-1. The van der Waals surface area contributed by atoms with Gasteiger partial charge in [-0.15, -0.1) is 0 Å². The van der Waals surface area contributed by atoms with E-state index in [0.717, 1.165) is 5.57 Å². The summed E-state index contributed by atoms with van der Waals surface area (Å²) in [6, 6.07) is 0. The van der Waals surface area contributed by atoms with E-state index < -0.39 is 0 Å². The van der Waals surface area contributed by atoms with Gasteiger partial charge in [0.25, 0.3) is 0 Å². The largest absolute Gasteiger partial charge is 1.00 e. The van der Waals surface area contributed by atoms with Gasteiger partial charge in [0.1, 0.15) is 0 Å². The quantitative estimate of drug-likeness (QED) is 0.463. The molecule has 0 atom stereocenters. The van der Waals surface area contributed by atoms with E-state index in [-0.39, 0.29) is 37.9 Å². The molecular formula is C10H11ClO2Zn-. The van der Waals surface area contributed by atoms with Crippen molar-refractivity contribution in [1.29, 1.82) is 0 Å². The van der Waals surface area contributed by atoms with E-state index in [9.17, 15) is 4.79 Å². The molecule has 1 rings (SSSR count). The van der Waals surface area contributed by atoms with Crippen molar-refractivity contribution in [3.05, 3.63) is 42.4 Å². The molecule has 0 bridgehead atoms. The summed E-state index contributed by atoms with van der Waals surface area (Å²) < 4.78 is 4.82. The summed E-state index contributed by atoms with van der Waals surface area (Å²) in [5.41, 5.74) is 1.38. The van der Waals surface area contributed by atoms with Crippen LogP contribution in [0, 0.1) is 6.42 Å². The van der Waals surface area contributed by atoms with Gasteiger partial charge in [-0.25, -0.2) is 4.79 Å². The third-order valence-corrected chi connectivity index (χ3v) is 1.44. The number of halogens is 1. The van der Waals surface area contributed by atoms with Crippen LogP contribution in [0.15, 0.2) is 36.0 Å². The molecule has 1 radical (unpaired) electrons. The van der Waals surface area contributed by atoms with Crippen LogP contribution in [0.25, 0.3) is 0 Å². The Morgan fingerprint density at radius 1 is 1.57 bits per heavy atom. The minimum atomic E-state index is -0.289. The zero-order valence-electron chi connectivity index (χ0n) is 8.13. The zero-order chi connectivity index (χ0) is 8.97. The van der Waals surface area contributed by atoms with Crippen LogP contribution in [0.1, 0.15) is 6.92 Å². The minimum Gasteiger partial charge on any atom is -1.00 e. The summed E-state index contributed by atoms with van der Waals surface area (Å²) in [5, 5.41) is 0. The van der Waals surface area contributed by atoms with Gasteiger partial charge in [0.2, 0.25) is 0 Å². The van der Waals surface area contributed by atoms with Crippen LogP contribution in [0.5, 0.6) is 0 Å². The number of carbonyl (C=O) groups excluding carboxylic acids is 1. The third-order valence-electron chi connectivity index (χ3n) is 1.44. The van der Waals surface area contributed by atoms with E-state index in [4.69, 9.17) is 4.74 Å². The maximum Gasteiger partial charge on any atom is 0.334 e. The van der Waals surface area contributed by atoms with Crippen molar-refractivity contribution < 1.29 is 41.4 Å². The van der Waals surface area contributed by atoms with E-state index >= 15 is 0 Å². The summed E-state index contributed by atoms with van der Waals surface area (Å²) in [6.45, 7) is 5.90. The summed E-state index contributed by atoms with van der Waals surface area (Å²) in [4.78, 5) is 11.1. The fraction of sp³-hybridized carbons (Fsp3) is 0.200. The molecule has 0 aromatic heterocycles. The van der Waals surface area contributed by atoms with Gasteiger partial charge in [0, 0.05) is 31.5 Å². The van der Waals surface area contributed by atoms with Crippen LogP contribution < -0.4 is 12.4 Å². The Labute approximate surface area is 103 Å². The second-order valence-electron chi connectivity index (χ2n) is 2.42. The maximum atomic E-state index is 11.1. The molecule has 2 nitrogen and oxygen atoms in total. The summed E-state index contributed by atoms with van der Waals surface area (Å²) in [5.74, 6) is -0.289. The number of rotatable bonds is 2. The number of allylic oxidation sites excluding steroid dienone is 4. The first kappa shape index (κ1) is 16.0. The molecule has 0 saturated carbocycles. The van der Waals surface area contributed by atoms with Crippen molar-refractivity contribution in [2.24, 2.45) is 0 Å². The molecule has 0 unspecified atom stereocenters. The van der Waals surface area contributed by atoms with Gasteiger partial charge in [-0.1, -0.05) is 24.8 Å². The van der Waals surface area contributed by atoms with Gasteiger partial charge < -0.3 is 17.1 Å². The monoisotopic (exact) mass is 262 g/mol. The first-order valence-corrected chi connectivity index (χ1v) is 3.83. The average molecular weight is 264 g/mol. The van der Waals surface area contributed by atoms with Crippen LogP contribution in [0.3, 0.4) is 0 Å². The first-order valence-electron chi connectivity index (χ1n) is 3.83. The summed E-state index contributed by atoms with van der Waals surface area (Å²) in [6.07, 6.45) is 7.04. The molecule has 0 amide bonds. The normalized spacial score (nSPS) is 13.5. The molecule has 0 spiro atoms. The Kier molecular flexibility index (Phi) is 9.12. The van der Waals surface area contributed by atoms with E-state index in [0.29, 0.717) is 12.2 Å². The fourth-order valence-corrected chi connectivity index (χ4v) is 0.913. The van der Waals surface area contributed by atoms with Gasteiger partial charge >= 0.3 is 5.97 Å². The Morgan fingerprint density at radius 3 is 2.71 bits per heavy atom. The van der Waals surface area contributed by atoms with Gasteiger partial charge in [-0.3, -0.25) is 0 Å². The van der Waals surface area contributed by atoms with Crippen molar-refractivity contribution in [3.63, 3.8) is 0 Å². The van der Waals surface area contributed by atoms with Crippen molar-refractivity contribution >= 4 is 5.97 Å². The van der Waals surface area contributed by atoms with Crippen molar-refractivity contribution in [1.82, 2.24) is 0 Å². The summed E-state index contributed by atoms with van der Waals surface area (Å²) in [7, 11) is 0. The molecular weight excluding hydrogens is 253 g/mol. The second kappa shape index (κ2) is 7.96. The molecule has 0 N–H and O–H groups in total. The Hall–Kier alpha value is -0.397. The number of ether oxygens (including phenoxy) is 1. The van der Waals surface area contributed by atoms with Crippen molar-refractivity contribution in [2.75, 3.05) is 6.61 Å². The maximum absolute atomic E-state index is 11.1. The Bertz CT molecular complexity index is 269. The molecule has 0 aliphatic heterocycles. The molecule has 73 valence electrons. The molecule has 0 aromatic carbocycles. The number of hydrogen-bond donors (Lipinski definition) is 0. The molecule has 1 aliphatic rings. The van der Waals surface area contributed by atoms with E-state index in [1.807, 2.05) is 6.08 Å². The van der Waals surface area contributed by atoms with Crippen LogP contribution in [-0.2, 0) is 29.0 Å². The summed E-state index contributed by atoms with van der Waals surface area (Å²) >= 11 is 0.